The predicted octanol–water partition coefficient (Wildman–Crippen LogP) is 1.52. The highest BCUT2D eigenvalue weighted by molar-refractivity contribution is 5.74. The van der Waals surface area contributed by atoms with Gasteiger partial charge in [-0.25, -0.2) is 4.79 Å². The summed E-state index contributed by atoms with van der Waals surface area (Å²) in [6.07, 6.45) is 3.16. The fraction of sp³-hybridized carbons (Fsp3) is 0.857. The molecule has 0 spiro atoms. The third kappa shape index (κ3) is 10.6. The summed E-state index contributed by atoms with van der Waals surface area (Å²) < 4.78 is 0. The van der Waals surface area contributed by atoms with Gasteiger partial charge in [0.05, 0.1) is 5.92 Å². The fourth-order valence-electron chi connectivity index (χ4n) is 1.80. The monoisotopic (exact) mass is 287 g/mol. The van der Waals surface area contributed by atoms with Crippen molar-refractivity contribution >= 4 is 12.0 Å². The first-order valence-electron chi connectivity index (χ1n) is 7.24. The van der Waals surface area contributed by atoms with Gasteiger partial charge in [-0.05, 0) is 46.8 Å². The van der Waals surface area contributed by atoms with Gasteiger partial charge in [0.25, 0.3) is 0 Å². The van der Waals surface area contributed by atoms with Gasteiger partial charge in [0.1, 0.15) is 0 Å². The molecule has 0 saturated carbocycles. The Morgan fingerprint density at radius 3 is 2.35 bits per heavy atom. The molecule has 0 fully saturated rings. The minimum Gasteiger partial charge on any atom is -0.481 e. The van der Waals surface area contributed by atoms with Crippen LogP contribution in [0.1, 0.15) is 39.5 Å². The molecular weight excluding hydrogens is 258 g/mol. The van der Waals surface area contributed by atoms with Gasteiger partial charge in [-0.1, -0.05) is 13.3 Å². The van der Waals surface area contributed by atoms with Gasteiger partial charge in [0.2, 0.25) is 0 Å². The number of carboxylic acids is 1. The summed E-state index contributed by atoms with van der Waals surface area (Å²) in [4.78, 5) is 24.3. The zero-order chi connectivity index (χ0) is 15.5. The molecule has 6 nitrogen and oxygen atoms in total. The predicted molar refractivity (Wildman–Crippen MR) is 79.8 cm³/mol. The lowest BCUT2D eigenvalue weighted by atomic mass is 10.0. The molecular formula is C14H29N3O3. The molecule has 0 heterocycles. The lowest BCUT2D eigenvalue weighted by molar-refractivity contribution is -0.141. The van der Waals surface area contributed by atoms with E-state index < -0.39 is 5.97 Å². The molecule has 0 bridgehead atoms. The van der Waals surface area contributed by atoms with E-state index in [9.17, 15) is 9.59 Å². The molecule has 0 saturated heterocycles. The lowest BCUT2D eigenvalue weighted by Gasteiger charge is -2.15. The molecule has 2 unspecified atom stereocenters. The molecule has 0 aromatic heterocycles. The number of hydrogen-bond donors (Lipinski definition) is 3. The normalized spacial score (nSPS) is 13.8. The smallest absolute Gasteiger partial charge is 0.314 e. The summed E-state index contributed by atoms with van der Waals surface area (Å²) in [5.74, 6) is -1.08. The molecule has 0 rings (SSSR count). The first-order valence-corrected chi connectivity index (χ1v) is 7.24. The number of amides is 2. The van der Waals surface area contributed by atoms with Gasteiger partial charge in [-0.2, -0.15) is 0 Å². The first kappa shape index (κ1) is 18.7. The number of carbonyl (C=O) groups excluding carboxylic acids is 1. The second kappa shape index (κ2) is 10.5. The van der Waals surface area contributed by atoms with Gasteiger partial charge in [0, 0.05) is 12.6 Å². The zero-order valence-electron chi connectivity index (χ0n) is 13.1. The number of hydrogen-bond acceptors (Lipinski definition) is 3. The maximum absolute atomic E-state index is 11.6. The number of nitrogens with one attached hydrogen (secondary N) is 2. The fourth-order valence-corrected chi connectivity index (χ4v) is 1.80. The molecule has 0 aromatic rings. The maximum atomic E-state index is 11.6. The van der Waals surface area contributed by atoms with Crippen molar-refractivity contribution in [2.45, 2.75) is 45.6 Å². The summed E-state index contributed by atoms with van der Waals surface area (Å²) in [6.45, 7) is 5.25. The Morgan fingerprint density at radius 2 is 1.80 bits per heavy atom. The average Bonchev–Trinajstić information content (AvgIpc) is 2.34. The maximum Gasteiger partial charge on any atom is 0.314 e. The van der Waals surface area contributed by atoms with Crippen molar-refractivity contribution in [1.82, 2.24) is 15.5 Å². The Bertz CT molecular complexity index is 295. The second-order valence-corrected chi connectivity index (χ2v) is 5.63. The van der Waals surface area contributed by atoms with E-state index in [4.69, 9.17) is 5.11 Å². The molecule has 0 aromatic carbocycles. The first-order chi connectivity index (χ1) is 9.32. The molecule has 0 aliphatic rings. The van der Waals surface area contributed by atoms with Crippen LogP contribution in [0.3, 0.4) is 0 Å². The van der Waals surface area contributed by atoms with Crippen molar-refractivity contribution in [1.29, 1.82) is 0 Å². The van der Waals surface area contributed by atoms with E-state index in [1.54, 1.807) is 6.92 Å². The van der Waals surface area contributed by atoms with Crippen molar-refractivity contribution in [3.05, 3.63) is 0 Å². The molecule has 0 aliphatic carbocycles. The number of carbonyl (C=O) groups is 2. The molecule has 2 atom stereocenters. The van der Waals surface area contributed by atoms with Crippen molar-refractivity contribution < 1.29 is 14.7 Å². The van der Waals surface area contributed by atoms with E-state index in [-0.39, 0.29) is 18.0 Å². The Labute approximate surface area is 121 Å². The largest absolute Gasteiger partial charge is 0.481 e. The van der Waals surface area contributed by atoms with Gasteiger partial charge >= 0.3 is 12.0 Å². The van der Waals surface area contributed by atoms with Gasteiger partial charge in [-0.3, -0.25) is 4.79 Å². The molecule has 0 radical (unpaired) electrons. The van der Waals surface area contributed by atoms with Crippen LogP contribution in [0.25, 0.3) is 0 Å². The van der Waals surface area contributed by atoms with Crippen LogP contribution in [0.5, 0.6) is 0 Å². The average molecular weight is 287 g/mol. The summed E-state index contributed by atoms with van der Waals surface area (Å²) in [5, 5.41) is 14.4. The summed E-state index contributed by atoms with van der Waals surface area (Å²) >= 11 is 0. The van der Waals surface area contributed by atoms with Gasteiger partial charge < -0.3 is 20.6 Å². The quantitative estimate of drug-likeness (QED) is 0.532. The van der Waals surface area contributed by atoms with E-state index in [1.165, 1.54) is 0 Å². The van der Waals surface area contributed by atoms with Crippen molar-refractivity contribution in [2.75, 3.05) is 27.2 Å². The van der Waals surface area contributed by atoms with Crippen LogP contribution in [-0.4, -0.2) is 55.2 Å². The van der Waals surface area contributed by atoms with Crippen LogP contribution in [-0.2, 0) is 4.79 Å². The Hall–Kier alpha value is -1.30. The van der Waals surface area contributed by atoms with Crippen LogP contribution in [0.15, 0.2) is 0 Å². The Morgan fingerprint density at radius 1 is 1.15 bits per heavy atom. The molecule has 0 aliphatic heterocycles. The van der Waals surface area contributed by atoms with Gasteiger partial charge in [-0.15, -0.1) is 0 Å². The van der Waals surface area contributed by atoms with Crippen molar-refractivity contribution in [3.63, 3.8) is 0 Å². The molecule has 2 amide bonds. The van der Waals surface area contributed by atoms with Crippen LogP contribution < -0.4 is 10.6 Å². The summed E-state index contributed by atoms with van der Waals surface area (Å²) in [6, 6.07) is -0.0904. The van der Waals surface area contributed by atoms with Crippen LogP contribution >= 0.6 is 0 Å². The summed E-state index contributed by atoms with van der Waals surface area (Å²) in [5.41, 5.74) is 0. The van der Waals surface area contributed by atoms with Crippen molar-refractivity contribution in [2.24, 2.45) is 5.92 Å². The number of aliphatic carboxylic acids is 1. The molecule has 6 heteroatoms. The Kier molecular flexibility index (Phi) is 9.80. The van der Waals surface area contributed by atoms with E-state index in [2.05, 4.69) is 15.5 Å². The minimum absolute atomic E-state index is 0.0600. The highest BCUT2D eigenvalue weighted by Gasteiger charge is 2.12. The van der Waals surface area contributed by atoms with Crippen molar-refractivity contribution in [3.8, 4) is 0 Å². The standard InChI is InChI=1S/C14H29N3O3/c1-11(13(18)19)7-5-8-12(2)16-14(20)15-9-6-10-17(3)4/h11-12H,5-10H2,1-4H3,(H,18,19)(H2,15,16,20). The molecule has 20 heavy (non-hydrogen) atoms. The van der Waals surface area contributed by atoms with Crippen LogP contribution in [0.2, 0.25) is 0 Å². The van der Waals surface area contributed by atoms with E-state index in [1.807, 2.05) is 21.0 Å². The van der Waals surface area contributed by atoms with E-state index >= 15 is 0 Å². The number of rotatable bonds is 10. The van der Waals surface area contributed by atoms with E-state index in [0.717, 1.165) is 25.8 Å². The summed E-state index contributed by atoms with van der Waals surface area (Å²) in [7, 11) is 4.00. The lowest BCUT2D eigenvalue weighted by Crippen LogP contribution is -2.41. The van der Waals surface area contributed by atoms with Crippen LogP contribution in [0.4, 0.5) is 4.79 Å². The molecule has 3 N–H and O–H groups in total. The van der Waals surface area contributed by atoms with E-state index in [0.29, 0.717) is 13.0 Å². The number of carboxylic acid groups (broad SMARTS) is 1. The highest BCUT2D eigenvalue weighted by atomic mass is 16.4. The Balaban J connectivity index is 3.62. The SMILES string of the molecule is CC(CCCC(C)C(=O)O)NC(=O)NCCCN(C)C. The third-order valence-corrected chi connectivity index (χ3v) is 3.14. The second-order valence-electron chi connectivity index (χ2n) is 5.63. The zero-order valence-corrected chi connectivity index (χ0v) is 13.1. The third-order valence-electron chi connectivity index (χ3n) is 3.14. The highest BCUT2D eigenvalue weighted by Crippen LogP contribution is 2.09. The van der Waals surface area contributed by atoms with Gasteiger partial charge in [0.15, 0.2) is 0 Å². The number of urea groups is 1. The number of nitrogens with zero attached hydrogens (tertiary/aromatic N) is 1. The molecule has 118 valence electrons. The topological polar surface area (TPSA) is 81.7 Å². The minimum atomic E-state index is -0.760. The van der Waals surface area contributed by atoms with Crippen LogP contribution in [0, 0.1) is 5.92 Å².